The largest absolute Gasteiger partial charge is 0.493 e. The number of ether oxygens (including phenoxy) is 2. The average Bonchev–Trinajstić information content (AvgIpc) is 2.53. The van der Waals surface area contributed by atoms with E-state index in [1.165, 1.54) is 0 Å². The Kier molecular flexibility index (Phi) is 6.57. The Balaban J connectivity index is 2.08. The van der Waals surface area contributed by atoms with Gasteiger partial charge in [0.05, 0.1) is 13.3 Å². The van der Waals surface area contributed by atoms with Crippen LogP contribution in [0.1, 0.15) is 31.9 Å². The summed E-state index contributed by atoms with van der Waals surface area (Å²) in [5, 5.41) is 5.40. The third kappa shape index (κ3) is 6.15. The average molecular weight is 381 g/mol. The maximum absolute atomic E-state index is 6.17. The molecule has 2 aromatic carbocycles. The van der Waals surface area contributed by atoms with Crippen LogP contribution in [0.15, 0.2) is 41.5 Å². The summed E-state index contributed by atoms with van der Waals surface area (Å²) in [6.07, 6.45) is 1.74. The number of methoxy groups -OCH3 is 1. The van der Waals surface area contributed by atoms with Gasteiger partial charge in [-0.25, -0.2) is 0 Å². The molecule has 0 aromatic heterocycles. The van der Waals surface area contributed by atoms with E-state index in [2.05, 4.69) is 10.5 Å². The molecule has 0 unspecified atom stereocenters. The summed E-state index contributed by atoms with van der Waals surface area (Å²) in [4.78, 5) is 0. The smallest absolute Gasteiger partial charge is 0.161 e. The van der Waals surface area contributed by atoms with Crippen LogP contribution in [0.3, 0.4) is 0 Å². The number of hydrogen-bond donors (Lipinski definition) is 1. The molecule has 0 amide bonds. The molecule has 0 spiro atoms. The highest BCUT2D eigenvalue weighted by molar-refractivity contribution is 6.35. The number of nitrogens with one attached hydrogen (secondary N) is 1. The van der Waals surface area contributed by atoms with Gasteiger partial charge in [-0.3, -0.25) is 0 Å². The van der Waals surface area contributed by atoms with Gasteiger partial charge in [0.2, 0.25) is 0 Å². The van der Waals surface area contributed by atoms with Crippen LogP contribution < -0.4 is 14.9 Å². The zero-order chi connectivity index (χ0) is 18.4. The molecular formula is C19H22Cl2N2O2. The van der Waals surface area contributed by atoms with Gasteiger partial charge in [-0.2, -0.15) is 5.10 Å². The predicted molar refractivity (Wildman–Crippen MR) is 104 cm³/mol. The monoisotopic (exact) mass is 380 g/mol. The second-order valence-electron chi connectivity index (χ2n) is 6.55. The number of hydrogen-bond acceptors (Lipinski definition) is 4. The van der Waals surface area contributed by atoms with Crippen LogP contribution in [0.4, 0.5) is 0 Å². The minimum Gasteiger partial charge on any atom is -0.493 e. The Labute approximate surface area is 158 Å². The van der Waals surface area contributed by atoms with Gasteiger partial charge in [-0.15, -0.1) is 0 Å². The molecule has 0 fully saturated rings. The molecule has 0 saturated carbocycles. The van der Waals surface area contributed by atoms with Gasteiger partial charge in [-0.1, -0.05) is 29.3 Å². The van der Waals surface area contributed by atoms with Crippen LogP contribution >= 0.6 is 23.2 Å². The van der Waals surface area contributed by atoms with Crippen LogP contribution in [-0.2, 0) is 6.61 Å². The van der Waals surface area contributed by atoms with Gasteiger partial charge in [0.1, 0.15) is 6.61 Å². The molecule has 0 aliphatic heterocycles. The molecule has 0 bridgehead atoms. The van der Waals surface area contributed by atoms with Crippen molar-refractivity contribution in [2.75, 3.05) is 7.11 Å². The van der Waals surface area contributed by atoms with Crippen LogP contribution in [0, 0.1) is 0 Å². The van der Waals surface area contributed by atoms with E-state index < -0.39 is 0 Å². The van der Waals surface area contributed by atoms with Gasteiger partial charge >= 0.3 is 0 Å². The summed E-state index contributed by atoms with van der Waals surface area (Å²) in [6.45, 7) is 6.46. The van der Waals surface area contributed by atoms with Crippen molar-refractivity contribution in [2.45, 2.75) is 32.9 Å². The first-order valence-corrected chi connectivity index (χ1v) is 8.59. The van der Waals surface area contributed by atoms with Crippen molar-refractivity contribution in [3.63, 3.8) is 0 Å². The lowest BCUT2D eigenvalue weighted by Crippen LogP contribution is -2.31. The molecule has 0 atom stereocenters. The molecular weight excluding hydrogens is 359 g/mol. The number of benzene rings is 2. The highest BCUT2D eigenvalue weighted by atomic mass is 35.5. The standard InChI is InChI=1S/C19H22Cl2N2O2/c1-19(2,3)23-22-11-13-5-8-17(18(9-13)24-4)25-12-14-6-7-15(20)10-16(14)21/h5-11,23H,12H2,1-4H3/b22-11-. The number of rotatable bonds is 6. The van der Waals surface area contributed by atoms with Crippen LogP contribution in [0.5, 0.6) is 11.5 Å². The first kappa shape index (κ1) is 19.4. The van der Waals surface area contributed by atoms with Crippen molar-refractivity contribution in [1.82, 2.24) is 5.43 Å². The van der Waals surface area contributed by atoms with Crippen LogP contribution in [0.25, 0.3) is 0 Å². The molecule has 0 heterocycles. The lowest BCUT2D eigenvalue weighted by Gasteiger charge is -2.17. The number of nitrogens with zero attached hydrogens (tertiary/aromatic N) is 1. The van der Waals surface area contributed by atoms with Crippen LogP contribution in [-0.4, -0.2) is 18.9 Å². The molecule has 6 heteroatoms. The maximum atomic E-state index is 6.17. The van der Waals surface area contributed by atoms with Crippen molar-refractivity contribution in [1.29, 1.82) is 0 Å². The molecule has 1 N–H and O–H groups in total. The second-order valence-corrected chi connectivity index (χ2v) is 7.40. The first-order valence-electron chi connectivity index (χ1n) is 7.83. The van der Waals surface area contributed by atoms with E-state index in [9.17, 15) is 0 Å². The van der Waals surface area contributed by atoms with Crippen LogP contribution in [0.2, 0.25) is 10.0 Å². The van der Waals surface area contributed by atoms with E-state index in [1.807, 2.05) is 45.0 Å². The minimum absolute atomic E-state index is 0.0819. The van der Waals surface area contributed by atoms with E-state index in [0.29, 0.717) is 28.2 Å². The first-order chi connectivity index (χ1) is 11.8. The van der Waals surface area contributed by atoms with Crippen molar-refractivity contribution >= 4 is 29.4 Å². The lowest BCUT2D eigenvalue weighted by atomic mass is 10.1. The van der Waals surface area contributed by atoms with E-state index in [-0.39, 0.29) is 5.54 Å². The molecule has 2 rings (SSSR count). The zero-order valence-corrected chi connectivity index (χ0v) is 16.3. The molecule has 4 nitrogen and oxygen atoms in total. The Morgan fingerprint density at radius 2 is 1.84 bits per heavy atom. The van der Waals surface area contributed by atoms with Gasteiger partial charge in [0, 0.05) is 21.1 Å². The number of hydrazone groups is 1. The highest BCUT2D eigenvalue weighted by Crippen LogP contribution is 2.29. The Bertz CT molecular complexity index is 756. The van der Waals surface area contributed by atoms with Gasteiger partial charge in [0.15, 0.2) is 11.5 Å². The molecule has 0 aliphatic rings. The fourth-order valence-corrected chi connectivity index (χ4v) is 2.44. The van der Waals surface area contributed by atoms with E-state index in [0.717, 1.165) is 11.1 Å². The minimum atomic E-state index is -0.0819. The number of halogens is 2. The van der Waals surface area contributed by atoms with Crippen molar-refractivity contribution < 1.29 is 9.47 Å². The summed E-state index contributed by atoms with van der Waals surface area (Å²) in [7, 11) is 1.60. The third-order valence-corrected chi connectivity index (χ3v) is 3.79. The molecule has 0 radical (unpaired) electrons. The van der Waals surface area contributed by atoms with Gasteiger partial charge in [-0.05, 0) is 56.7 Å². The Morgan fingerprint density at radius 1 is 1.08 bits per heavy atom. The third-order valence-electron chi connectivity index (χ3n) is 3.20. The Hall–Kier alpha value is -1.91. The topological polar surface area (TPSA) is 42.8 Å². The Morgan fingerprint density at radius 3 is 2.48 bits per heavy atom. The van der Waals surface area contributed by atoms with Crippen molar-refractivity contribution in [3.05, 3.63) is 57.6 Å². The fourth-order valence-electron chi connectivity index (χ4n) is 1.98. The molecule has 25 heavy (non-hydrogen) atoms. The summed E-state index contributed by atoms with van der Waals surface area (Å²) in [5.41, 5.74) is 4.73. The highest BCUT2D eigenvalue weighted by Gasteiger charge is 2.09. The molecule has 134 valence electrons. The molecule has 0 aliphatic carbocycles. The zero-order valence-electron chi connectivity index (χ0n) is 14.8. The van der Waals surface area contributed by atoms with Crippen molar-refractivity contribution in [3.8, 4) is 11.5 Å². The molecule has 2 aromatic rings. The summed E-state index contributed by atoms with van der Waals surface area (Å²) in [6, 6.07) is 10.9. The van der Waals surface area contributed by atoms with Gasteiger partial charge in [0.25, 0.3) is 0 Å². The summed E-state index contributed by atoms with van der Waals surface area (Å²) >= 11 is 12.1. The van der Waals surface area contributed by atoms with Crippen molar-refractivity contribution in [2.24, 2.45) is 5.10 Å². The van der Waals surface area contributed by atoms with Gasteiger partial charge < -0.3 is 14.9 Å². The second kappa shape index (κ2) is 8.45. The molecule has 0 saturated heterocycles. The fraction of sp³-hybridized carbons (Fsp3) is 0.316. The lowest BCUT2D eigenvalue weighted by molar-refractivity contribution is 0.284. The SMILES string of the molecule is COc1cc(/C=N\NC(C)(C)C)ccc1OCc1ccc(Cl)cc1Cl. The summed E-state index contributed by atoms with van der Waals surface area (Å²) < 4.78 is 11.2. The quantitative estimate of drug-likeness (QED) is 0.545. The summed E-state index contributed by atoms with van der Waals surface area (Å²) in [5.74, 6) is 1.26. The van der Waals surface area contributed by atoms with E-state index in [1.54, 1.807) is 25.5 Å². The van der Waals surface area contributed by atoms with E-state index >= 15 is 0 Å². The normalized spacial score (nSPS) is 11.6. The van der Waals surface area contributed by atoms with E-state index in [4.69, 9.17) is 32.7 Å². The predicted octanol–water partition coefficient (Wildman–Crippen LogP) is 5.30. The maximum Gasteiger partial charge on any atom is 0.161 e.